The lowest BCUT2D eigenvalue weighted by atomic mass is 9.86. The summed E-state index contributed by atoms with van der Waals surface area (Å²) in [5, 5.41) is 12.3. The van der Waals surface area contributed by atoms with Gasteiger partial charge in [0, 0.05) is 6.04 Å². The molecule has 2 N–H and O–H groups in total. The van der Waals surface area contributed by atoms with Crippen molar-refractivity contribution in [3.63, 3.8) is 0 Å². The minimum Gasteiger partial charge on any atom is -0.492 e. The van der Waals surface area contributed by atoms with E-state index < -0.39 is 53.4 Å². The molecule has 2 fully saturated rings. The van der Waals surface area contributed by atoms with E-state index in [1.165, 1.54) is 12.1 Å². The van der Waals surface area contributed by atoms with Crippen LogP contribution in [0.3, 0.4) is 0 Å². The molecule has 2 saturated heterocycles. The molecule has 0 aliphatic carbocycles. The fourth-order valence-corrected chi connectivity index (χ4v) is 4.31. The zero-order valence-corrected chi connectivity index (χ0v) is 16.6. The topological polar surface area (TPSA) is 95.9 Å². The summed E-state index contributed by atoms with van der Waals surface area (Å²) < 4.78 is 45.0. The number of amides is 2. The number of likely N-dealkylation sites (tertiary alicyclic amines) is 1. The summed E-state index contributed by atoms with van der Waals surface area (Å²) in [4.78, 5) is 38.7. The number of nitrogens with zero attached hydrogens (tertiary/aromatic N) is 1. The number of para-hydroxylation sites is 1. The SMILES string of the molecule is O=C(O)C1NC(c2cccc(C(F)(F)F)c2)C2C(=O)N(CCOc3ccccc3)C(=O)C12. The maximum Gasteiger partial charge on any atom is 0.416 e. The molecule has 32 heavy (non-hydrogen) atoms. The van der Waals surface area contributed by atoms with Crippen molar-refractivity contribution in [2.24, 2.45) is 11.8 Å². The van der Waals surface area contributed by atoms with Crippen LogP contribution < -0.4 is 10.1 Å². The highest BCUT2D eigenvalue weighted by atomic mass is 19.4. The van der Waals surface area contributed by atoms with Gasteiger partial charge in [-0.25, -0.2) is 0 Å². The molecule has 2 heterocycles. The fourth-order valence-electron chi connectivity index (χ4n) is 4.31. The van der Waals surface area contributed by atoms with Crippen molar-refractivity contribution in [3.05, 3.63) is 65.7 Å². The van der Waals surface area contributed by atoms with Gasteiger partial charge in [-0.15, -0.1) is 0 Å². The number of rotatable bonds is 6. The van der Waals surface area contributed by atoms with Crippen molar-refractivity contribution < 1.29 is 37.4 Å². The summed E-state index contributed by atoms with van der Waals surface area (Å²) in [5.41, 5.74) is -0.820. The van der Waals surface area contributed by atoms with Crippen molar-refractivity contribution in [2.75, 3.05) is 13.2 Å². The molecule has 168 valence electrons. The second kappa shape index (κ2) is 8.27. The maximum absolute atomic E-state index is 13.2. The average molecular weight is 448 g/mol. The first kappa shape index (κ1) is 21.8. The Balaban J connectivity index is 1.58. The van der Waals surface area contributed by atoms with Crippen LogP contribution in [0.4, 0.5) is 13.2 Å². The smallest absolute Gasteiger partial charge is 0.416 e. The third-order valence-corrected chi connectivity index (χ3v) is 5.73. The van der Waals surface area contributed by atoms with Gasteiger partial charge < -0.3 is 9.84 Å². The predicted molar refractivity (Wildman–Crippen MR) is 104 cm³/mol. The fraction of sp³-hybridized carbons (Fsp3) is 0.318. The van der Waals surface area contributed by atoms with Gasteiger partial charge >= 0.3 is 12.1 Å². The van der Waals surface area contributed by atoms with E-state index in [1.807, 2.05) is 0 Å². The number of ether oxygens (including phenoxy) is 1. The summed E-state index contributed by atoms with van der Waals surface area (Å²) in [6, 6.07) is 10.6. The number of halogens is 3. The lowest BCUT2D eigenvalue weighted by Gasteiger charge is -2.22. The van der Waals surface area contributed by atoms with Crippen molar-refractivity contribution in [1.82, 2.24) is 10.2 Å². The average Bonchev–Trinajstić information content (AvgIpc) is 3.27. The minimum absolute atomic E-state index is 0.000323. The number of carbonyl (C=O) groups excluding carboxylic acids is 2. The molecule has 2 aromatic rings. The number of carboxylic acids is 1. The lowest BCUT2D eigenvalue weighted by Crippen LogP contribution is -2.44. The van der Waals surface area contributed by atoms with Crippen LogP contribution in [0.2, 0.25) is 0 Å². The zero-order chi connectivity index (χ0) is 23.0. The third kappa shape index (κ3) is 3.93. The summed E-state index contributed by atoms with van der Waals surface area (Å²) in [6.45, 7) is -0.0957. The molecule has 0 aromatic heterocycles. The molecule has 2 aromatic carbocycles. The number of imide groups is 1. The van der Waals surface area contributed by atoms with Gasteiger partial charge in [-0.3, -0.25) is 24.6 Å². The molecule has 0 spiro atoms. The highest BCUT2D eigenvalue weighted by Crippen LogP contribution is 2.44. The Bertz CT molecular complexity index is 1040. The molecule has 7 nitrogen and oxygen atoms in total. The lowest BCUT2D eigenvalue weighted by molar-refractivity contribution is -0.146. The molecular formula is C22H19F3N2O5. The van der Waals surface area contributed by atoms with Crippen LogP contribution in [-0.4, -0.2) is 47.0 Å². The van der Waals surface area contributed by atoms with E-state index in [0.717, 1.165) is 17.0 Å². The van der Waals surface area contributed by atoms with Gasteiger partial charge in [0.2, 0.25) is 11.8 Å². The Labute approximate surface area is 180 Å². The van der Waals surface area contributed by atoms with Crippen LogP contribution in [0.15, 0.2) is 54.6 Å². The Morgan fingerprint density at radius 2 is 1.72 bits per heavy atom. The van der Waals surface area contributed by atoms with Crippen LogP contribution >= 0.6 is 0 Å². The van der Waals surface area contributed by atoms with E-state index in [2.05, 4.69) is 5.32 Å². The van der Waals surface area contributed by atoms with Crippen molar-refractivity contribution in [2.45, 2.75) is 18.3 Å². The number of nitrogens with one attached hydrogen (secondary N) is 1. The van der Waals surface area contributed by atoms with Gasteiger partial charge in [-0.05, 0) is 29.8 Å². The molecule has 4 unspecified atom stereocenters. The number of fused-ring (bicyclic) bond motifs is 1. The highest BCUT2D eigenvalue weighted by molar-refractivity contribution is 6.08. The first-order chi connectivity index (χ1) is 15.2. The number of alkyl halides is 3. The largest absolute Gasteiger partial charge is 0.492 e. The number of hydrogen-bond donors (Lipinski definition) is 2. The number of carbonyl (C=O) groups is 3. The molecule has 2 aliphatic rings. The molecule has 0 radical (unpaired) electrons. The van der Waals surface area contributed by atoms with E-state index in [9.17, 15) is 32.7 Å². The van der Waals surface area contributed by atoms with Gasteiger partial charge in [0.05, 0.1) is 23.9 Å². The van der Waals surface area contributed by atoms with E-state index in [4.69, 9.17) is 4.74 Å². The monoisotopic (exact) mass is 448 g/mol. The number of carboxylic acid groups (broad SMARTS) is 1. The molecular weight excluding hydrogens is 429 g/mol. The molecule has 0 saturated carbocycles. The van der Waals surface area contributed by atoms with Gasteiger partial charge in [-0.1, -0.05) is 30.3 Å². The van der Waals surface area contributed by atoms with Gasteiger partial charge in [0.15, 0.2) is 0 Å². The van der Waals surface area contributed by atoms with E-state index in [-0.39, 0.29) is 18.7 Å². The van der Waals surface area contributed by atoms with E-state index in [0.29, 0.717) is 5.75 Å². The first-order valence-corrected chi connectivity index (χ1v) is 9.87. The normalized spacial score (nSPS) is 25.2. The Morgan fingerprint density at radius 1 is 1.03 bits per heavy atom. The van der Waals surface area contributed by atoms with Crippen molar-refractivity contribution in [3.8, 4) is 5.75 Å². The van der Waals surface area contributed by atoms with Crippen molar-refractivity contribution in [1.29, 1.82) is 0 Å². The highest BCUT2D eigenvalue weighted by Gasteiger charge is 2.61. The minimum atomic E-state index is -4.60. The second-order valence-electron chi connectivity index (χ2n) is 7.62. The summed E-state index contributed by atoms with van der Waals surface area (Å²) in [7, 11) is 0. The van der Waals surface area contributed by atoms with Crippen LogP contribution in [0.25, 0.3) is 0 Å². The van der Waals surface area contributed by atoms with Gasteiger partial charge in [-0.2, -0.15) is 13.2 Å². The Hall–Kier alpha value is -3.40. The standard InChI is InChI=1S/C22H19F3N2O5/c23-22(24,25)13-6-4-5-12(11-13)17-15-16(18(26-17)21(30)31)20(29)27(19(15)28)9-10-32-14-7-2-1-3-8-14/h1-8,11,15-18,26H,9-10H2,(H,30,31). The zero-order valence-electron chi connectivity index (χ0n) is 16.6. The first-order valence-electron chi connectivity index (χ1n) is 9.87. The molecule has 0 bridgehead atoms. The number of hydrogen-bond acceptors (Lipinski definition) is 5. The molecule has 2 amide bonds. The second-order valence-corrected chi connectivity index (χ2v) is 7.62. The van der Waals surface area contributed by atoms with Crippen molar-refractivity contribution >= 4 is 17.8 Å². The maximum atomic E-state index is 13.2. The predicted octanol–water partition coefficient (Wildman–Crippen LogP) is 2.48. The molecule has 2 aliphatic heterocycles. The summed E-state index contributed by atoms with van der Waals surface area (Å²) in [6.07, 6.45) is -4.60. The number of aliphatic carboxylic acids is 1. The van der Waals surface area contributed by atoms with Crippen LogP contribution in [0, 0.1) is 11.8 Å². The molecule has 10 heteroatoms. The Morgan fingerprint density at radius 3 is 2.38 bits per heavy atom. The van der Waals surface area contributed by atoms with Crippen LogP contribution in [0.5, 0.6) is 5.75 Å². The quantitative estimate of drug-likeness (QED) is 0.660. The van der Waals surface area contributed by atoms with Crippen LogP contribution in [-0.2, 0) is 20.6 Å². The van der Waals surface area contributed by atoms with E-state index in [1.54, 1.807) is 30.3 Å². The van der Waals surface area contributed by atoms with Gasteiger partial charge in [0.25, 0.3) is 0 Å². The number of benzene rings is 2. The Kier molecular flexibility index (Phi) is 5.64. The summed E-state index contributed by atoms with van der Waals surface area (Å²) in [5.74, 6) is -4.45. The van der Waals surface area contributed by atoms with Gasteiger partial charge in [0.1, 0.15) is 18.4 Å². The summed E-state index contributed by atoms with van der Waals surface area (Å²) >= 11 is 0. The van der Waals surface area contributed by atoms with Crippen LogP contribution in [0.1, 0.15) is 17.2 Å². The molecule has 4 rings (SSSR count). The third-order valence-electron chi connectivity index (χ3n) is 5.73. The van der Waals surface area contributed by atoms with E-state index >= 15 is 0 Å². The molecule has 4 atom stereocenters.